The lowest BCUT2D eigenvalue weighted by atomic mass is 10.1. The van der Waals surface area contributed by atoms with Crippen molar-refractivity contribution in [3.05, 3.63) is 77.0 Å². The summed E-state index contributed by atoms with van der Waals surface area (Å²) in [6, 6.07) is 19.8. The van der Waals surface area contributed by atoms with Crippen molar-refractivity contribution < 1.29 is 9.73 Å². The zero-order valence-corrected chi connectivity index (χ0v) is 12.0. The Balaban J connectivity index is 2.01. The van der Waals surface area contributed by atoms with Crippen LogP contribution in [0, 0.1) is 0 Å². The van der Waals surface area contributed by atoms with Crippen molar-refractivity contribution in [2.24, 2.45) is 0 Å². The summed E-state index contributed by atoms with van der Waals surface area (Å²) in [5.74, 6) is 0. The smallest absolute Gasteiger partial charge is 0.276 e. The van der Waals surface area contributed by atoms with E-state index in [0.717, 1.165) is 10.3 Å². The summed E-state index contributed by atoms with van der Waals surface area (Å²) in [5.41, 5.74) is 2.05. The molecule has 4 rings (SSSR count). The van der Waals surface area contributed by atoms with E-state index in [1.807, 2.05) is 60.7 Å². The first-order valence-electron chi connectivity index (χ1n) is 7.11. The summed E-state index contributed by atoms with van der Waals surface area (Å²) in [4.78, 5) is 12.6. The highest BCUT2D eigenvalue weighted by Gasteiger charge is 2.19. The van der Waals surface area contributed by atoms with Crippen LogP contribution in [0.5, 0.6) is 0 Å². The van der Waals surface area contributed by atoms with Gasteiger partial charge in [0.15, 0.2) is 5.43 Å². The average molecular weight is 304 g/mol. The van der Waals surface area contributed by atoms with Gasteiger partial charge in [-0.1, -0.05) is 65.8 Å². The Morgan fingerprint density at radius 1 is 0.913 bits per heavy atom. The molecule has 0 unspecified atom stereocenters. The van der Waals surface area contributed by atoms with Crippen LogP contribution >= 0.6 is 0 Å². The summed E-state index contributed by atoms with van der Waals surface area (Å²) >= 11 is 0. The van der Waals surface area contributed by atoms with Crippen molar-refractivity contribution in [2.75, 3.05) is 0 Å². The van der Waals surface area contributed by atoms with Crippen molar-refractivity contribution in [3.63, 3.8) is 0 Å². The fourth-order valence-electron chi connectivity index (χ4n) is 2.62. The molecule has 0 saturated carbocycles. The normalized spacial score (nSPS) is 11.0. The molecule has 2 aromatic heterocycles. The van der Waals surface area contributed by atoms with E-state index in [0.29, 0.717) is 17.0 Å². The SMILES string of the molecule is O=c1cc(-c2ccccc2)n(O)c2onc(-c3ccccc3)c12. The molecule has 5 nitrogen and oxygen atoms in total. The largest absolute Gasteiger partial charge is 0.425 e. The molecule has 0 saturated heterocycles. The number of hydrogen-bond acceptors (Lipinski definition) is 4. The monoisotopic (exact) mass is 304 g/mol. The molecule has 0 bridgehead atoms. The minimum absolute atomic E-state index is 0.0372. The second-order valence-corrected chi connectivity index (χ2v) is 5.15. The maximum absolute atomic E-state index is 12.6. The first-order chi connectivity index (χ1) is 11.3. The van der Waals surface area contributed by atoms with Crippen LogP contribution in [-0.4, -0.2) is 15.1 Å². The molecule has 0 amide bonds. The highest BCUT2D eigenvalue weighted by molar-refractivity contribution is 5.90. The Labute approximate surface area is 131 Å². The zero-order chi connectivity index (χ0) is 15.8. The average Bonchev–Trinajstić information content (AvgIpc) is 3.06. The van der Waals surface area contributed by atoms with Crippen LogP contribution in [0.3, 0.4) is 0 Å². The van der Waals surface area contributed by atoms with Gasteiger partial charge in [-0.05, 0) is 0 Å². The summed E-state index contributed by atoms with van der Waals surface area (Å²) in [5, 5.41) is 14.7. The van der Waals surface area contributed by atoms with Gasteiger partial charge in [-0.15, -0.1) is 4.73 Å². The second-order valence-electron chi connectivity index (χ2n) is 5.15. The van der Waals surface area contributed by atoms with Gasteiger partial charge in [-0.3, -0.25) is 4.79 Å². The van der Waals surface area contributed by atoms with Gasteiger partial charge in [-0.25, -0.2) is 0 Å². The molecule has 2 aromatic carbocycles. The fourth-order valence-corrected chi connectivity index (χ4v) is 2.62. The van der Waals surface area contributed by atoms with E-state index in [4.69, 9.17) is 4.52 Å². The van der Waals surface area contributed by atoms with Crippen LogP contribution in [0.15, 0.2) is 76.0 Å². The second kappa shape index (κ2) is 5.14. The number of benzene rings is 2. The third-order valence-electron chi connectivity index (χ3n) is 3.73. The molecule has 4 aromatic rings. The lowest BCUT2D eigenvalue weighted by Gasteiger charge is -2.06. The zero-order valence-electron chi connectivity index (χ0n) is 12.0. The van der Waals surface area contributed by atoms with Crippen LogP contribution in [0.25, 0.3) is 33.6 Å². The number of pyridine rings is 1. The molecule has 23 heavy (non-hydrogen) atoms. The highest BCUT2D eigenvalue weighted by Crippen LogP contribution is 2.28. The van der Waals surface area contributed by atoms with Crippen LogP contribution in [0.2, 0.25) is 0 Å². The van der Waals surface area contributed by atoms with E-state index in [9.17, 15) is 10.0 Å². The summed E-state index contributed by atoms with van der Waals surface area (Å²) in [6.07, 6.45) is 0. The number of rotatable bonds is 2. The molecule has 0 aliphatic heterocycles. The predicted molar refractivity (Wildman–Crippen MR) is 86.3 cm³/mol. The van der Waals surface area contributed by atoms with E-state index in [2.05, 4.69) is 5.16 Å². The maximum atomic E-state index is 12.6. The van der Waals surface area contributed by atoms with Gasteiger partial charge >= 0.3 is 0 Å². The molecule has 1 N–H and O–H groups in total. The number of fused-ring (bicyclic) bond motifs is 1. The molecular weight excluding hydrogens is 292 g/mol. The van der Waals surface area contributed by atoms with Crippen LogP contribution in [0.4, 0.5) is 0 Å². The third-order valence-corrected chi connectivity index (χ3v) is 3.73. The Hall–Kier alpha value is -3.34. The topological polar surface area (TPSA) is 68.3 Å². The molecule has 0 atom stereocenters. The predicted octanol–water partition coefficient (Wildman–Crippen LogP) is 3.56. The van der Waals surface area contributed by atoms with Crippen molar-refractivity contribution >= 4 is 11.1 Å². The van der Waals surface area contributed by atoms with Crippen molar-refractivity contribution in [3.8, 4) is 22.5 Å². The minimum atomic E-state index is -0.246. The van der Waals surface area contributed by atoms with E-state index < -0.39 is 0 Å². The molecular formula is C18H12N2O3. The van der Waals surface area contributed by atoms with Crippen LogP contribution in [-0.2, 0) is 0 Å². The molecule has 0 fully saturated rings. The van der Waals surface area contributed by atoms with E-state index in [1.54, 1.807) is 0 Å². The maximum Gasteiger partial charge on any atom is 0.276 e. The van der Waals surface area contributed by atoms with E-state index in [-0.39, 0.29) is 16.5 Å². The molecule has 0 aliphatic carbocycles. The summed E-state index contributed by atoms with van der Waals surface area (Å²) in [6.45, 7) is 0. The molecule has 0 aliphatic rings. The van der Waals surface area contributed by atoms with Gasteiger partial charge < -0.3 is 9.73 Å². The van der Waals surface area contributed by atoms with Crippen molar-refractivity contribution in [1.29, 1.82) is 0 Å². The number of hydrogen-bond donors (Lipinski definition) is 1. The molecule has 0 spiro atoms. The lowest BCUT2D eigenvalue weighted by molar-refractivity contribution is 0.185. The fraction of sp³-hybridized carbons (Fsp3) is 0. The first-order valence-corrected chi connectivity index (χ1v) is 7.11. The highest BCUT2D eigenvalue weighted by atomic mass is 16.5. The standard InChI is InChI=1S/C18H12N2O3/c21-15-11-14(12-7-3-1-4-8-12)20(22)18-16(15)17(19-23-18)13-9-5-2-6-10-13/h1-11,22H. The van der Waals surface area contributed by atoms with Crippen molar-refractivity contribution in [1.82, 2.24) is 9.89 Å². The Kier molecular flexibility index (Phi) is 2.98. The molecule has 112 valence electrons. The molecule has 2 heterocycles. The Morgan fingerprint density at radius 2 is 1.52 bits per heavy atom. The summed E-state index contributed by atoms with van der Waals surface area (Å²) < 4.78 is 6.11. The lowest BCUT2D eigenvalue weighted by Crippen LogP contribution is -2.08. The molecule has 0 radical (unpaired) electrons. The van der Waals surface area contributed by atoms with Gasteiger partial charge in [0.1, 0.15) is 11.1 Å². The van der Waals surface area contributed by atoms with Crippen molar-refractivity contribution in [2.45, 2.75) is 0 Å². The van der Waals surface area contributed by atoms with Gasteiger partial charge in [0.25, 0.3) is 5.71 Å². The quantitative estimate of drug-likeness (QED) is 0.575. The number of nitrogens with zero attached hydrogens (tertiary/aromatic N) is 2. The first kappa shape index (κ1) is 13.3. The van der Waals surface area contributed by atoms with E-state index in [1.165, 1.54) is 6.07 Å². The van der Waals surface area contributed by atoms with Gasteiger partial charge in [0, 0.05) is 17.2 Å². The molecule has 5 heteroatoms. The summed E-state index contributed by atoms with van der Waals surface area (Å²) in [7, 11) is 0. The van der Waals surface area contributed by atoms with Gasteiger partial charge in [-0.2, -0.15) is 0 Å². The Bertz CT molecular complexity index is 1030. The van der Waals surface area contributed by atoms with Crippen LogP contribution < -0.4 is 5.43 Å². The van der Waals surface area contributed by atoms with Crippen LogP contribution in [0.1, 0.15) is 0 Å². The minimum Gasteiger partial charge on any atom is -0.425 e. The number of aromatic nitrogens is 2. The van der Waals surface area contributed by atoms with E-state index >= 15 is 0 Å². The third kappa shape index (κ3) is 2.10. The Morgan fingerprint density at radius 3 is 2.17 bits per heavy atom. The van der Waals surface area contributed by atoms with Gasteiger partial charge in [0.05, 0.1) is 5.69 Å². The van der Waals surface area contributed by atoms with Gasteiger partial charge in [0.2, 0.25) is 0 Å².